The Morgan fingerprint density at radius 3 is 2.71 bits per heavy atom. The summed E-state index contributed by atoms with van der Waals surface area (Å²) < 4.78 is 12.2. The number of hydrogen-bond acceptors (Lipinski definition) is 8. The fraction of sp³-hybridized carbons (Fsp3) is 0.375. The minimum atomic E-state index is -0.573. The molecule has 0 saturated carbocycles. The SMILES string of the molecule is COC(=O)[C@@H]1CCCN1C(=O)c1ccc(Nc2ncc(Cl)c(-c3ccn(C(C)C)n3)n2)c(OC)c1. The molecule has 1 aromatic carbocycles. The molecule has 2 aromatic heterocycles. The van der Waals surface area contributed by atoms with Crippen LogP contribution in [0.25, 0.3) is 11.4 Å². The van der Waals surface area contributed by atoms with Crippen LogP contribution in [0.2, 0.25) is 5.02 Å². The highest BCUT2D eigenvalue weighted by Crippen LogP contribution is 2.31. The van der Waals surface area contributed by atoms with Crippen molar-refractivity contribution in [1.82, 2.24) is 24.6 Å². The van der Waals surface area contributed by atoms with Crippen molar-refractivity contribution in [2.24, 2.45) is 0 Å². The fourth-order valence-electron chi connectivity index (χ4n) is 3.96. The van der Waals surface area contributed by atoms with E-state index in [-0.39, 0.29) is 11.9 Å². The molecule has 184 valence electrons. The zero-order valence-corrected chi connectivity index (χ0v) is 20.7. The molecule has 1 aliphatic heterocycles. The molecule has 3 heterocycles. The summed E-state index contributed by atoms with van der Waals surface area (Å²) in [7, 11) is 2.83. The third-order valence-corrected chi connectivity index (χ3v) is 6.08. The minimum Gasteiger partial charge on any atom is -0.495 e. The number of ether oxygens (including phenoxy) is 2. The van der Waals surface area contributed by atoms with E-state index in [1.54, 1.807) is 23.1 Å². The number of aromatic nitrogens is 4. The van der Waals surface area contributed by atoms with Gasteiger partial charge in [0, 0.05) is 24.3 Å². The van der Waals surface area contributed by atoms with Gasteiger partial charge in [-0.05, 0) is 51.0 Å². The molecular weight excluding hydrogens is 472 g/mol. The first-order valence-corrected chi connectivity index (χ1v) is 11.6. The number of esters is 1. The van der Waals surface area contributed by atoms with Gasteiger partial charge in [-0.2, -0.15) is 5.10 Å². The number of hydrogen-bond donors (Lipinski definition) is 1. The lowest BCUT2D eigenvalue weighted by Gasteiger charge is -2.23. The van der Waals surface area contributed by atoms with E-state index in [4.69, 9.17) is 21.1 Å². The molecule has 10 nitrogen and oxygen atoms in total. The molecule has 4 rings (SSSR count). The van der Waals surface area contributed by atoms with Crippen molar-refractivity contribution in [3.8, 4) is 17.1 Å². The third kappa shape index (κ3) is 5.07. The monoisotopic (exact) mass is 498 g/mol. The lowest BCUT2D eigenvalue weighted by atomic mass is 10.1. The van der Waals surface area contributed by atoms with Crippen molar-refractivity contribution in [3.05, 3.63) is 47.2 Å². The fourth-order valence-corrected chi connectivity index (χ4v) is 4.15. The van der Waals surface area contributed by atoms with Crippen LogP contribution in [0.15, 0.2) is 36.7 Å². The van der Waals surface area contributed by atoms with Gasteiger partial charge in [-0.3, -0.25) is 9.48 Å². The minimum absolute atomic E-state index is 0.205. The smallest absolute Gasteiger partial charge is 0.328 e. The number of benzene rings is 1. The first-order valence-electron chi connectivity index (χ1n) is 11.2. The molecule has 0 spiro atoms. The first-order chi connectivity index (χ1) is 16.8. The number of methoxy groups -OCH3 is 2. The van der Waals surface area contributed by atoms with Crippen molar-refractivity contribution < 1.29 is 19.1 Å². The van der Waals surface area contributed by atoms with E-state index in [0.29, 0.717) is 52.3 Å². The Hall–Kier alpha value is -3.66. The number of halogens is 1. The van der Waals surface area contributed by atoms with Crippen LogP contribution in [0.3, 0.4) is 0 Å². The van der Waals surface area contributed by atoms with Gasteiger partial charge >= 0.3 is 5.97 Å². The zero-order chi connectivity index (χ0) is 25.1. The van der Waals surface area contributed by atoms with E-state index < -0.39 is 12.0 Å². The maximum atomic E-state index is 13.1. The number of anilines is 2. The lowest BCUT2D eigenvalue weighted by molar-refractivity contribution is -0.145. The molecule has 1 fully saturated rings. The van der Waals surface area contributed by atoms with Gasteiger partial charge in [-0.1, -0.05) is 11.6 Å². The predicted octanol–water partition coefficient (Wildman–Crippen LogP) is 4.10. The van der Waals surface area contributed by atoms with Gasteiger partial charge in [-0.25, -0.2) is 14.8 Å². The first kappa shape index (κ1) is 24.5. The topological polar surface area (TPSA) is 111 Å². The highest BCUT2D eigenvalue weighted by molar-refractivity contribution is 6.32. The maximum absolute atomic E-state index is 13.1. The van der Waals surface area contributed by atoms with Crippen LogP contribution < -0.4 is 10.1 Å². The Labute approximate surface area is 208 Å². The summed E-state index contributed by atoms with van der Waals surface area (Å²) in [4.78, 5) is 35.5. The van der Waals surface area contributed by atoms with Gasteiger partial charge in [0.2, 0.25) is 5.95 Å². The Morgan fingerprint density at radius 1 is 1.23 bits per heavy atom. The van der Waals surface area contributed by atoms with Crippen LogP contribution >= 0.6 is 11.6 Å². The third-order valence-electron chi connectivity index (χ3n) is 5.81. The van der Waals surface area contributed by atoms with E-state index in [9.17, 15) is 9.59 Å². The van der Waals surface area contributed by atoms with E-state index in [0.717, 1.165) is 6.42 Å². The molecule has 0 bridgehead atoms. The summed E-state index contributed by atoms with van der Waals surface area (Å²) in [6.45, 7) is 4.56. The van der Waals surface area contributed by atoms with E-state index in [1.165, 1.54) is 20.4 Å². The van der Waals surface area contributed by atoms with Gasteiger partial charge in [0.05, 0.1) is 31.1 Å². The van der Waals surface area contributed by atoms with Crippen molar-refractivity contribution in [2.45, 2.75) is 38.8 Å². The summed E-state index contributed by atoms with van der Waals surface area (Å²) in [6.07, 6.45) is 4.70. The van der Waals surface area contributed by atoms with Crippen molar-refractivity contribution >= 4 is 35.1 Å². The predicted molar refractivity (Wildman–Crippen MR) is 131 cm³/mol. The Bertz CT molecular complexity index is 1240. The van der Waals surface area contributed by atoms with Crippen LogP contribution in [0, 0.1) is 0 Å². The number of likely N-dealkylation sites (tertiary alicyclic amines) is 1. The van der Waals surface area contributed by atoms with Crippen molar-refractivity contribution in [2.75, 3.05) is 26.1 Å². The number of carbonyl (C=O) groups excluding carboxylic acids is 2. The van der Waals surface area contributed by atoms with Gasteiger partial charge in [0.1, 0.15) is 23.2 Å². The average molecular weight is 499 g/mol. The normalized spacial score (nSPS) is 15.4. The van der Waals surface area contributed by atoms with Crippen LogP contribution in [-0.4, -0.2) is 63.3 Å². The molecule has 1 saturated heterocycles. The zero-order valence-electron chi connectivity index (χ0n) is 20.0. The van der Waals surface area contributed by atoms with Crippen molar-refractivity contribution in [3.63, 3.8) is 0 Å². The van der Waals surface area contributed by atoms with Gasteiger partial charge in [0.15, 0.2) is 0 Å². The van der Waals surface area contributed by atoms with Crippen LogP contribution in [0.5, 0.6) is 5.75 Å². The summed E-state index contributed by atoms with van der Waals surface area (Å²) in [5.74, 6) is 0.0589. The molecule has 1 amide bonds. The molecule has 35 heavy (non-hydrogen) atoms. The summed E-state index contributed by atoms with van der Waals surface area (Å²) in [5, 5.41) is 8.03. The number of nitrogens with one attached hydrogen (secondary N) is 1. The second-order valence-corrected chi connectivity index (χ2v) is 8.79. The van der Waals surface area contributed by atoms with E-state index in [1.807, 2.05) is 30.8 Å². The van der Waals surface area contributed by atoms with Gasteiger partial charge in [-0.15, -0.1) is 0 Å². The second kappa shape index (κ2) is 10.3. The average Bonchev–Trinajstić information content (AvgIpc) is 3.55. The second-order valence-electron chi connectivity index (χ2n) is 8.38. The highest BCUT2D eigenvalue weighted by atomic mass is 35.5. The molecule has 11 heteroatoms. The number of nitrogens with zero attached hydrogens (tertiary/aromatic N) is 5. The molecular formula is C24H27ClN6O4. The molecule has 0 aliphatic carbocycles. The van der Waals surface area contributed by atoms with Crippen LogP contribution in [0.4, 0.5) is 11.6 Å². The van der Waals surface area contributed by atoms with E-state index >= 15 is 0 Å². The molecule has 0 unspecified atom stereocenters. The van der Waals surface area contributed by atoms with Crippen LogP contribution in [0.1, 0.15) is 43.1 Å². The Morgan fingerprint density at radius 2 is 2.03 bits per heavy atom. The van der Waals surface area contributed by atoms with Crippen molar-refractivity contribution in [1.29, 1.82) is 0 Å². The molecule has 1 N–H and O–H groups in total. The molecule has 1 aliphatic rings. The Kier molecular flexibility index (Phi) is 7.20. The largest absolute Gasteiger partial charge is 0.495 e. The highest BCUT2D eigenvalue weighted by Gasteiger charge is 2.35. The summed E-state index contributed by atoms with van der Waals surface area (Å²) in [5.41, 5.74) is 2.10. The molecule has 0 radical (unpaired) electrons. The maximum Gasteiger partial charge on any atom is 0.328 e. The Balaban J connectivity index is 1.57. The van der Waals surface area contributed by atoms with E-state index in [2.05, 4.69) is 20.4 Å². The van der Waals surface area contributed by atoms with Crippen LogP contribution in [-0.2, 0) is 9.53 Å². The number of carbonyl (C=O) groups is 2. The molecule has 1 atom stereocenters. The van der Waals surface area contributed by atoms with Gasteiger partial charge < -0.3 is 19.7 Å². The summed E-state index contributed by atoms with van der Waals surface area (Å²) in [6, 6.07) is 6.48. The standard InChI is InChI=1S/C24H27ClN6O4/c1-14(2)31-11-9-18(29-31)21-16(25)13-26-24(28-21)27-17-8-7-15(12-20(17)34-3)22(32)30-10-5-6-19(30)23(33)35-4/h7-9,11-14,19H,5-6,10H2,1-4H3,(H,26,27,28)/t19-/m0/s1. The number of amides is 1. The van der Waals surface area contributed by atoms with Gasteiger partial charge in [0.25, 0.3) is 5.91 Å². The quantitative estimate of drug-likeness (QED) is 0.484. The lowest BCUT2D eigenvalue weighted by Crippen LogP contribution is -2.41. The molecule has 3 aromatic rings. The summed E-state index contributed by atoms with van der Waals surface area (Å²) >= 11 is 6.34. The number of rotatable bonds is 7.